The molecule has 0 N–H and O–H groups in total. The first-order valence-corrected chi connectivity index (χ1v) is 8.16. The second-order valence-electron chi connectivity index (χ2n) is 5.80. The average molecular weight is 307 g/mol. The van der Waals surface area contributed by atoms with Crippen LogP contribution in [0.4, 0.5) is 0 Å². The first-order valence-electron chi connectivity index (χ1n) is 8.16. The fourth-order valence-electron chi connectivity index (χ4n) is 2.79. The van der Waals surface area contributed by atoms with E-state index in [9.17, 15) is 0 Å². The van der Waals surface area contributed by atoms with Crippen LogP contribution in [0.1, 0.15) is 17.5 Å². The Morgan fingerprint density at radius 3 is 1.78 bits per heavy atom. The van der Waals surface area contributed by atoms with Crippen molar-refractivity contribution in [3.63, 3.8) is 0 Å². The van der Waals surface area contributed by atoms with Gasteiger partial charge in [0, 0.05) is 19.4 Å². The predicted molar refractivity (Wildman–Crippen MR) is 93.5 cm³/mol. The fourth-order valence-corrected chi connectivity index (χ4v) is 2.79. The van der Waals surface area contributed by atoms with Crippen LogP contribution in [0, 0.1) is 0 Å². The van der Waals surface area contributed by atoms with E-state index in [2.05, 4.69) is 65.6 Å². The van der Waals surface area contributed by atoms with Crippen LogP contribution < -0.4 is 0 Å². The Morgan fingerprint density at radius 2 is 1.26 bits per heavy atom. The van der Waals surface area contributed by atoms with Gasteiger partial charge in [0.1, 0.15) is 0 Å². The van der Waals surface area contributed by atoms with Crippen LogP contribution in [0.2, 0.25) is 6.32 Å². The van der Waals surface area contributed by atoms with Gasteiger partial charge in [-0.15, -0.1) is 0 Å². The first-order chi connectivity index (χ1) is 11.4. The summed E-state index contributed by atoms with van der Waals surface area (Å²) in [7, 11) is -0.106. The standard InChI is InChI=1S/C19H22BNO2/c1-3-8-18(9-4-1)16-21(17-19-10-5-2-6-11-19)13-7-12-20-22-14-15-23-20/h1-6,8-11,14-15H,7,12-13,16-17H2. The quantitative estimate of drug-likeness (QED) is 0.686. The maximum atomic E-state index is 5.35. The molecule has 3 nitrogen and oxygen atoms in total. The molecule has 3 rings (SSSR count). The number of hydrogen-bond acceptors (Lipinski definition) is 3. The van der Waals surface area contributed by atoms with Crippen LogP contribution in [0.15, 0.2) is 73.2 Å². The van der Waals surface area contributed by atoms with Crippen LogP contribution >= 0.6 is 0 Å². The molecule has 2 aromatic carbocycles. The fraction of sp³-hybridized carbons (Fsp3) is 0.263. The SMILES string of the molecule is C1=COB(CCCN(Cc2ccccc2)Cc2ccccc2)O1. The van der Waals surface area contributed by atoms with E-state index < -0.39 is 0 Å². The maximum Gasteiger partial charge on any atom is 0.594 e. The van der Waals surface area contributed by atoms with Gasteiger partial charge in [0.05, 0.1) is 12.5 Å². The molecule has 118 valence electrons. The van der Waals surface area contributed by atoms with Crippen molar-refractivity contribution in [3.8, 4) is 0 Å². The minimum Gasteiger partial charge on any atom is -0.529 e. The monoisotopic (exact) mass is 307 g/mol. The summed E-state index contributed by atoms with van der Waals surface area (Å²) < 4.78 is 10.7. The lowest BCUT2D eigenvalue weighted by Gasteiger charge is -2.22. The molecule has 0 radical (unpaired) electrons. The third-order valence-electron chi connectivity index (χ3n) is 3.93. The molecule has 1 heterocycles. The second-order valence-corrected chi connectivity index (χ2v) is 5.80. The highest BCUT2D eigenvalue weighted by atomic mass is 16.6. The average Bonchev–Trinajstić information content (AvgIpc) is 3.10. The van der Waals surface area contributed by atoms with Crippen LogP contribution in [-0.4, -0.2) is 18.6 Å². The van der Waals surface area contributed by atoms with Crippen molar-refractivity contribution in [1.29, 1.82) is 0 Å². The Kier molecular flexibility index (Phi) is 5.76. The van der Waals surface area contributed by atoms with Gasteiger partial charge >= 0.3 is 7.12 Å². The van der Waals surface area contributed by atoms with Gasteiger partial charge in [-0.25, -0.2) is 0 Å². The summed E-state index contributed by atoms with van der Waals surface area (Å²) in [5.74, 6) is 0. The molecular weight excluding hydrogens is 285 g/mol. The Labute approximate surface area is 138 Å². The molecule has 0 saturated carbocycles. The van der Waals surface area contributed by atoms with Gasteiger partial charge in [0.25, 0.3) is 0 Å². The van der Waals surface area contributed by atoms with Crippen LogP contribution in [-0.2, 0) is 22.4 Å². The van der Waals surface area contributed by atoms with E-state index in [0.717, 1.165) is 32.4 Å². The molecule has 0 spiro atoms. The Bertz CT molecular complexity index is 554. The molecule has 0 fully saturated rings. The van der Waals surface area contributed by atoms with Gasteiger partial charge in [0.2, 0.25) is 0 Å². The summed E-state index contributed by atoms with van der Waals surface area (Å²) >= 11 is 0. The van der Waals surface area contributed by atoms with Crippen molar-refractivity contribution in [2.75, 3.05) is 6.54 Å². The summed E-state index contributed by atoms with van der Waals surface area (Å²) in [5, 5.41) is 0. The molecule has 0 atom stereocenters. The highest BCUT2D eigenvalue weighted by Gasteiger charge is 2.22. The minimum atomic E-state index is -0.106. The van der Waals surface area contributed by atoms with Crippen LogP contribution in [0.5, 0.6) is 0 Å². The highest BCUT2D eigenvalue weighted by Crippen LogP contribution is 2.13. The normalized spacial score (nSPS) is 13.2. The Morgan fingerprint density at radius 1 is 0.739 bits per heavy atom. The molecule has 0 bridgehead atoms. The molecule has 0 aromatic heterocycles. The van der Waals surface area contributed by atoms with E-state index in [1.165, 1.54) is 11.1 Å². The molecule has 0 amide bonds. The molecule has 1 aliphatic heterocycles. The van der Waals surface area contributed by atoms with E-state index >= 15 is 0 Å². The van der Waals surface area contributed by atoms with E-state index in [1.54, 1.807) is 12.5 Å². The van der Waals surface area contributed by atoms with E-state index in [1.807, 2.05) is 0 Å². The van der Waals surface area contributed by atoms with Crippen molar-refractivity contribution in [1.82, 2.24) is 4.90 Å². The maximum absolute atomic E-state index is 5.35. The van der Waals surface area contributed by atoms with E-state index in [4.69, 9.17) is 9.31 Å². The minimum absolute atomic E-state index is 0.106. The molecule has 23 heavy (non-hydrogen) atoms. The lowest BCUT2D eigenvalue weighted by molar-refractivity contribution is 0.254. The zero-order valence-electron chi connectivity index (χ0n) is 13.3. The van der Waals surface area contributed by atoms with Gasteiger partial charge in [-0.1, -0.05) is 60.7 Å². The topological polar surface area (TPSA) is 21.7 Å². The van der Waals surface area contributed by atoms with E-state index in [-0.39, 0.29) is 7.12 Å². The van der Waals surface area contributed by atoms with Gasteiger partial charge in [0.15, 0.2) is 0 Å². The van der Waals surface area contributed by atoms with Crippen LogP contribution in [0.3, 0.4) is 0 Å². The van der Waals surface area contributed by atoms with Gasteiger partial charge in [-0.05, 0) is 24.1 Å². The summed E-state index contributed by atoms with van der Waals surface area (Å²) in [6.07, 6.45) is 5.20. The molecule has 2 aromatic rings. The molecule has 0 aliphatic carbocycles. The van der Waals surface area contributed by atoms with E-state index in [0.29, 0.717) is 0 Å². The highest BCUT2D eigenvalue weighted by molar-refractivity contribution is 6.45. The summed E-state index contributed by atoms with van der Waals surface area (Å²) in [6, 6.07) is 21.3. The van der Waals surface area contributed by atoms with Gasteiger partial charge in [-0.2, -0.15) is 0 Å². The summed E-state index contributed by atoms with van der Waals surface area (Å²) in [5.41, 5.74) is 2.69. The molecule has 4 heteroatoms. The third kappa shape index (κ3) is 5.18. The predicted octanol–water partition coefficient (Wildman–Crippen LogP) is 4.09. The van der Waals surface area contributed by atoms with Crippen molar-refractivity contribution >= 4 is 7.12 Å². The smallest absolute Gasteiger partial charge is 0.529 e. The summed E-state index contributed by atoms with van der Waals surface area (Å²) in [4.78, 5) is 2.48. The second kappa shape index (κ2) is 8.44. The lowest BCUT2D eigenvalue weighted by Crippen LogP contribution is -2.25. The summed E-state index contributed by atoms with van der Waals surface area (Å²) in [6.45, 7) is 2.94. The van der Waals surface area contributed by atoms with Crippen molar-refractivity contribution < 1.29 is 9.31 Å². The number of benzene rings is 2. The number of nitrogens with zero attached hydrogens (tertiary/aromatic N) is 1. The largest absolute Gasteiger partial charge is 0.594 e. The third-order valence-corrected chi connectivity index (χ3v) is 3.93. The molecular formula is C19H22BNO2. The van der Waals surface area contributed by atoms with Crippen molar-refractivity contribution in [2.45, 2.75) is 25.8 Å². The lowest BCUT2D eigenvalue weighted by atomic mass is 9.83. The van der Waals surface area contributed by atoms with Crippen molar-refractivity contribution in [2.24, 2.45) is 0 Å². The van der Waals surface area contributed by atoms with Crippen molar-refractivity contribution in [3.05, 3.63) is 84.3 Å². The van der Waals surface area contributed by atoms with Gasteiger partial charge in [-0.3, -0.25) is 4.90 Å². The molecule has 0 saturated heterocycles. The Hall–Kier alpha value is -2.20. The molecule has 1 aliphatic rings. The zero-order valence-corrected chi connectivity index (χ0v) is 13.3. The first kappa shape index (κ1) is 15.7. The zero-order chi connectivity index (χ0) is 15.7. The Balaban J connectivity index is 1.56. The number of rotatable bonds is 8. The van der Waals surface area contributed by atoms with Gasteiger partial charge < -0.3 is 9.31 Å². The number of hydrogen-bond donors (Lipinski definition) is 0. The molecule has 0 unspecified atom stereocenters. The van der Waals surface area contributed by atoms with Crippen LogP contribution in [0.25, 0.3) is 0 Å².